The molecule has 0 aromatic heterocycles. The molecule has 44 heavy (non-hydrogen) atoms. The molecule has 1 saturated heterocycles. The van der Waals surface area contributed by atoms with Crippen molar-refractivity contribution in [1.82, 2.24) is 10.6 Å². The zero-order chi connectivity index (χ0) is 32.1. The first-order chi connectivity index (χ1) is 21.1. The van der Waals surface area contributed by atoms with Crippen LogP contribution in [0.25, 0.3) is 11.1 Å². The van der Waals surface area contributed by atoms with Crippen molar-refractivity contribution in [2.24, 2.45) is 0 Å². The zero-order valence-electron chi connectivity index (χ0n) is 24.7. The molecule has 2 aromatic carbocycles. The third-order valence-corrected chi connectivity index (χ3v) is 8.15. The number of hydrogen-bond acceptors (Lipinski definition) is 11. The maximum absolute atomic E-state index is 12.9. The second kappa shape index (κ2) is 17.2. The van der Waals surface area contributed by atoms with Gasteiger partial charge in [0.2, 0.25) is 5.91 Å². The molecule has 1 fully saturated rings. The van der Waals surface area contributed by atoms with E-state index in [1.165, 1.54) is 18.7 Å². The average molecular weight is 633 g/mol. The molecule has 1 aliphatic rings. The van der Waals surface area contributed by atoms with Crippen molar-refractivity contribution in [3.8, 4) is 11.1 Å². The molecule has 2 aromatic rings. The van der Waals surface area contributed by atoms with Crippen LogP contribution >= 0.6 is 11.8 Å². The lowest BCUT2D eigenvalue weighted by atomic mass is 9.88. The minimum Gasteiger partial charge on any atom is -0.465 e. The van der Waals surface area contributed by atoms with Gasteiger partial charge in [0.05, 0.1) is 32.0 Å². The van der Waals surface area contributed by atoms with Crippen molar-refractivity contribution in [1.29, 1.82) is 0 Å². The van der Waals surface area contributed by atoms with E-state index in [2.05, 4.69) is 10.6 Å². The molecule has 1 heterocycles. The molecular formula is C31H40N2O10S. The Morgan fingerprint density at radius 3 is 2.41 bits per heavy atom. The summed E-state index contributed by atoms with van der Waals surface area (Å²) in [6, 6.07) is 15.3. The Hall–Kier alpha value is -3.33. The number of thioether (sulfide) groups is 1. The van der Waals surface area contributed by atoms with Gasteiger partial charge in [-0.05, 0) is 41.2 Å². The van der Waals surface area contributed by atoms with Gasteiger partial charge in [-0.1, -0.05) is 42.5 Å². The SMILES string of the molecule is COC(=O)C1(OCCCSCCC=O)CC(O)C(NC(C)=O)C(C(O)C(O)CNC(=O)c2ccc(-c3ccccc3)cc2)O1. The number of hydrogen-bond donors (Lipinski definition) is 5. The fourth-order valence-electron chi connectivity index (χ4n) is 4.81. The van der Waals surface area contributed by atoms with E-state index in [9.17, 15) is 34.5 Å². The second-order valence-electron chi connectivity index (χ2n) is 10.3. The van der Waals surface area contributed by atoms with Crippen LogP contribution in [0.4, 0.5) is 0 Å². The van der Waals surface area contributed by atoms with Crippen molar-refractivity contribution in [2.75, 3.05) is 31.8 Å². The highest BCUT2D eigenvalue weighted by atomic mass is 32.2. The molecule has 2 amide bonds. The number of benzene rings is 2. The summed E-state index contributed by atoms with van der Waals surface area (Å²) in [6.45, 7) is 0.815. The van der Waals surface area contributed by atoms with Gasteiger partial charge in [-0.25, -0.2) is 4.79 Å². The van der Waals surface area contributed by atoms with Gasteiger partial charge in [-0.15, -0.1) is 0 Å². The van der Waals surface area contributed by atoms with Gasteiger partial charge < -0.3 is 45.0 Å². The summed E-state index contributed by atoms with van der Waals surface area (Å²) in [6.07, 6.45) is -5.07. The number of aliphatic hydroxyl groups is 3. The standard InChI is InChI=1S/C31H40N2O10S/c1-20(35)33-26-24(36)18-31(30(40)41-2,42-15-7-17-44-16-6-14-34)43-28(26)27(38)25(37)19-32-29(39)23-12-10-22(11-13-23)21-8-4-3-5-9-21/h3-5,8-14,24-28,36-38H,6-7,15-19H2,1-2H3,(H,32,39)(H,33,35). The number of esters is 1. The lowest BCUT2D eigenvalue weighted by Gasteiger charge is -2.47. The van der Waals surface area contributed by atoms with Crippen molar-refractivity contribution < 1.29 is 48.7 Å². The molecule has 0 saturated carbocycles. The van der Waals surface area contributed by atoms with Crippen LogP contribution in [0.3, 0.4) is 0 Å². The molecule has 6 atom stereocenters. The quantitative estimate of drug-likeness (QED) is 0.101. The van der Waals surface area contributed by atoms with E-state index in [1.54, 1.807) is 24.3 Å². The molecule has 12 nitrogen and oxygen atoms in total. The van der Waals surface area contributed by atoms with Gasteiger partial charge in [-0.3, -0.25) is 9.59 Å². The van der Waals surface area contributed by atoms with Crippen LogP contribution in [0, 0.1) is 0 Å². The first kappa shape index (κ1) is 35.2. The van der Waals surface area contributed by atoms with Crippen LogP contribution in [-0.4, -0.2) is 107 Å². The average Bonchev–Trinajstić information content (AvgIpc) is 3.03. The summed E-state index contributed by atoms with van der Waals surface area (Å²) in [5.74, 6) is -2.88. The monoisotopic (exact) mass is 632 g/mol. The van der Waals surface area contributed by atoms with Crippen LogP contribution in [-0.2, 0) is 28.6 Å². The summed E-state index contributed by atoms with van der Waals surface area (Å²) < 4.78 is 16.6. The number of aliphatic hydroxyl groups excluding tert-OH is 3. The lowest BCUT2D eigenvalue weighted by molar-refractivity contribution is -0.311. The first-order valence-electron chi connectivity index (χ1n) is 14.3. The number of carbonyl (C=O) groups is 4. The van der Waals surface area contributed by atoms with Crippen LogP contribution < -0.4 is 10.6 Å². The van der Waals surface area contributed by atoms with Crippen LogP contribution in [0.15, 0.2) is 54.6 Å². The van der Waals surface area contributed by atoms with E-state index in [0.717, 1.165) is 24.5 Å². The van der Waals surface area contributed by atoms with Gasteiger partial charge in [-0.2, -0.15) is 11.8 Å². The third kappa shape index (κ3) is 9.58. The molecule has 0 spiro atoms. The van der Waals surface area contributed by atoms with E-state index < -0.39 is 67.0 Å². The van der Waals surface area contributed by atoms with E-state index in [0.29, 0.717) is 29.9 Å². The van der Waals surface area contributed by atoms with E-state index in [4.69, 9.17) is 14.2 Å². The molecule has 0 aliphatic carbocycles. The van der Waals surface area contributed by atoms with Gasteiger partial charge in [0, 0.05) is 31.9 Å². The lowest BCUT2D eigenvalue weighted by Crippen LogP contribution is -2.68. The minimum absolute atomic E-state index is 0.0190. The number of rotatable bonds is 16. The van der Waals surface area contributed by atoms with Crippen LogP contribution in [0.1, 0.15) is 36.5 Å². The largest absolute Gasteiger partial charge is 0.465 e. The fourth-order valence-corrected chi connectivity index (χ4v) is 5.60. The number of ether oxygens (including phenoxy) is 3. The molecule has 1 aliphatic heterocycles. The van der Waals surface area contributed by atoms with E-state index >= 15 is 0 Å². The summed E-state index contributed by atoms with van der Waals surface area (Å²) in [7, 11) is 1.11. The molecule has 0 bridgehead atoms. The molecule has 6 unspecified atom stereocenters. The molecule has 240 valence electrons. The first-order valence-corrected chi connectivity index (χ1v) is 15.4. The van der Waals surface area contributed by atoms with Crippen LogP contribution in [0.5, 0.6) is 0 Å². The van der Waals surface area contributed by atoms with Gasteiger partial charge in [0.1, 0.15) is 18.5 Å². The number of methoxy groups -OCH3 is 1. The zero-order valence-corrected chi connectivity index (χ0v) is 25.5. The Morgan fingerprint density at radius 2 is 1.77 bits per heavy atom. The maximum atomic E-state index is 12.9. The Balaban J connectivity index is 1.69. The third-order valence-electron chi connectivity index (χ3n) is 7.04. The van der Waals surface area contributed by atoms with Crippen molar-refractivity contribution in [2.45, 2.75) is 62.4 Å². The molecule has 5 N–H and O–H groups in total. The summed E-state index contributed by atoms with van der Waals surface area (Å²) in [5.41, 5.74) is 2.23. The number of nitrogens with one attached hydrogen (secondary N) is 2. The highest BCUT2D eigenvalue weighted by molar-refractivity contribution is 7.99. The van der Waals surface area contributed by atoms with Crippen molar-refractivity contribution in [3.63, 3.8) is 0 Å². The second-order valence-corrected chi connectivity index (χ2v) is 11.5. The molecule has 0 radical (unpaired) electrons. The molecule has 3 rings (SSSR count). The van der Waals surface area contributed by atoms with E-state index in [-0.39, 0.29) is 6.61 Å². The number of carbonyl (C=O) groups excluding carboxylic acids is 4. The maximum Gasteiger partial charge on any atom is 0.366 e. The number of amides is 2. The Labute approximate surface area is 260 Å². The summed E-state index contributed by atoms with van der Waals surface area (Å²) in [4.78, 5) is 48.1. The summed E-state index contributed by atoms with van der Waals surface area (Å²) in [5, 5.41) is 38.1. The highest BCUT2D eigenvalue weighted by Gasteiger charge is 2.56. The molecule has 13 heteroatoms. The highest BCUT2D eigenvalue weighted by Crippen LogP contribution is 2.34. The Bertz CT molecular complexity index is 1230. The fraction of sp³-hybridized carbons (Fsp3) is 0.484. The van der Waals surface area contributed by atoms with Crippen molar-refractivity contribution in [3.05, 3.63) is 60.2 Å². The predicted octanol–water partition coefficient (Wildman–Crippen LogP) is 1.06. The Kier molecular flexibility index (Phi) is 13.8. The molecular weight excluding hydrogens is 592 g/mol. The smallest absolute Gasteiger partial charge is 0.366 e. The minimum atomic E-state index is -2.13. The topological polar surface area (TPSA) is 181 Å². The summed E-state index contributed by atoms with van der Waals surface area (Å²) >= 11 is 1.53. The van der Waals surface area contributed by atoms with Gasteiger partial charge in [0.25, 0.3) is 11.7 Å². The normalized spacial score (nSPS) is 22.8. The predicted molar refractivity (Wildman–Crippen MR) is 163 cm³/mol. The van der Waals surface area contributed by atoms with Gasteiger partial charge >= 0.3 is 5.97 Å². The van der Waals surface area contributed by atoms with Crippen molar-refractivity contribution >= 4 is 35.8 Å². The van der Waals surface area contributed by atoms with Gasteiger partial charge in [0.15, 0.2) is 0 Å². The Morgan fingerprint density at radius 1 is 1.09 bits per heavy atom. The number of aldehydes is 1. The van der Waals surface area contributed by atoms with Crippen LogP contribution in [0.2, 0.25) is 0 Å². The van der Waals surface area contributed by atoms with E-state index in [1.807, 2.05) is 30.3 Å².